The number of H-pyrrole nitrogens is 1. The van der Waals surface area contributed by atoms with Crippen LogP contribution in [0.1, 0.15) is 11.1 Å². The van der Waals surface area contributed by atoms with E-state index in [-0.39, 0.29) is 0 Å². The van der Waals surface area contributed by atoms with Gasteiger partial charge < -0.3 is 5.73 Å². The first kappa shape index (κ1) is 8.80. The first-order valence-corrected chi connectivity index (χ1v) is 5.08. The summed E-state index contributed by atoms with van der Waals surface area (Å²) in [6.07, 6.45) is 0. The Labute approximate surface area is 89.8 Å². The molecule has 0 saturated carbocycles. The summed E-state index contributed by atoms with van der Waals surface area (Å²) in [6, 6.07) is 2.13. The number of fused-ring (bicyclic) bond motifs is 1. The number of hydrogen-bond donors (Lipinski definition) is 2. The molecular formula is C9H10IN3. The molecule has 1 aromatic heterocycles. The van der Waals surface area contributed by atoms with Gasteiger partial charge in [0.2, 0.25) is 0 Å². The zero-order valence-corrected chi connectivity index (χ0v) is 9.64. The number of nitrogen functional groups attached to an aromatic ring is 1. The zero-order chi connectivity index (χ0) is 9.59. The van der Waals surface area contributed by atoms with E-state index in [0.717, 1.165) is 10.9 Å². The average molecular weight is 287 g/mol. The number of halogens is 1. The fourth-order valence-corrected chi connectivity index (χ4v) is 2.33. The molecule has 2 aromatic rings. The van der Waals surface area contributed by atoms with Crippen molar-refractivity contribution >= 4 is 39.3 Å². The second kappa shape index (κ2) is 2.87. The fraction of sp³-hybridized carbons (Fsp3) is 0.222. The van der Waals surface area contributed by atoms with Crippen molar-refractivity contribution in [2.24, 2.45) is 0 Å². The van der Waals surface area contributed by atoms with E-state index in [9.17, 15) is 0 Å². The van der Waals surface area contributed by atoms with Crippen LogP contribution >= 0.6 is 22.6 Å². The predicted octanol–water partition coefficient (Wildman–Crippen LogP) is 2.37. The molecule has 0 bridgehead atoms. The number of rotatable bonds is 0. The SMILES string of the molecule is Cc1cc(I)c2[nH]nc(N)c2c1C. The van der Waals surface area contributed by atoms with E-state index in [1.54, 1.807) is 0 Å². The van der Waals surface area contributed by atoms with Crippen molar-refractivity contribution in [2.45, 2.75) is 13.8 Å². The highest BCUT2D eigenvalue weighted by molar-refractivity contribution is 14.1. The molecule has 0 aliphatic rings. The lowest BCUT2D eigenvalue weighted by Crippen LogP contribution is -1.89. The Morgan fingerprint density at radius 1 is 1.46 bits per heavy atom. The molecule has 0 atom stereocenters. The Hall–Kier alpha value is -0.780. The van der Waals surface area contributed by atoms with Crippen molar-refractivity contribution in [3.63, 3.8) is 0 Å². The number of aromatic amines is 1. The second-order valence-corrected chi connectivity index (χ2v) is 4.32. The number of hydrogen-bond acceptors (Lipinski definition) is 2. The van der Waals surface area contributed by atoms with E-state index < -0.39 is 0 Å². The number of benzene rings is 1. The van der Waals surface area contributed by atoms with Crippen molar-refractivity contribution in [2.75, 3.05) is 5.73 Å². The van der Waals surface area contributed by atoms with Crippen LogP contribution < -0.4 is 5.73 Å². The van der Waals surface area contributed by atoms with Crippen LogP contribution in [-0.2, 0) is 0 Å². The quantitative estimate of drug-likeness (QED) is 0.731. The predicted molar refractivity (Wildman–Crippen MR) is 62.7 cm³/mol. The highest BCUT2D eigenvalue weighted by Crippen LogP contribution is 2.28. The van der Waals surface area contributed by atoms with Gasteiger partial charge in [-0.05, 0) is 53.6 Å². The molecule has 0 amide bonds. The lowest BCUT2D eigenvalue weighted by molar-refractivity contribution is 1.12. The van der Waals surface area contributed by atoms with E-state index in [2.05, 4.69) is 52.7 Å². The van der Waals surface area contributed by atoms with Gasteiger partial charge in [-0.2, -0.15) is 5.10 Å². The van der Waals surface area contributed by atoms with Gasteiger partial charge in [0.1, 0.15) is 0 Å². The molecule has 4 heteroatoms. The topological polar surface area (TPSA) is 54.7 Å². The van der Waals surface area contributed by atoms with E-state index >= 15 is 0 Å². The number of nitrogens with zero attached hydrogens (tertiary/aromatic N) is 1. The minimum absolute atomic E-state index is 0.592. The number of aromatic nitrogens is 2. The van der Waals surface area contributed by atoms with Crippen LogP contribution in [-0.4, -0.2) is 10.2 Å². The molecule has 0 aliphatic carbocycles. The monoisotopic (exact) mass is 287 g/mol. The van der Waals surface area contributed by atoms with Gasteiger partial charge in [0.15, 0.2) is 5.82 Å². The van der Waals surface area contributed by atoms with Crippen LogP contribution in [0.25, 0.3) is 10.9 Å². The highest BCUT2D eigenvalue weighted by Gasteiger charge is 2.10. The molecule has 0 radical (unpaired) electrons. The maximum absolute atomic E-state index is 5.77. The summed E-state index contributed by atoms with van der Waals surface area (Å²) in [5.74, 6) is 0.592. The van der Waals surface area contributed by atoms with E-state index in [4.69, 9.17) is 5.73 Å². The largest absolute Gasteiger partial charge is 0.382 e. The number of anilines is 1. The van der Waals surface area contributed by atoms with Crippen LogP contribution in [0.15, 0.2) is 6.07 Å². The van der Waals surface area contributed by atoms with E-state index in [1.165, 1.54) is 14.7 Å². The zero-order valence-electron chi connectivity index (χ0n) is 7.48. The fourth-order valence-electron chi connectivity index (χ4n) is 1.48. The Bertz CT molecular complexity index is 473. The summed E-state index contributed by atoms with van der Waals surface area (Å²) >= 11 is 2.29. The van der Waals surface area contributed by atoms with Gasteiger partial charge in [-0.15, -0.1) is 0 Å². The van der Waals surface area contributed by atoms with Gasteiger partial charge in [-0.1, -0.05) is 0 Å². The number of aryl methyl sites for hydroxylation is 2. The molecule has 0 fully saturated rings. The van der Waals surface area contributed by atoms with Gasteiger partial charge in [0.05, 0.1) is 5.52 Å². The summed E-state index contributed by atoms with van der Waals surface area (Å²) in [5, 5.41) is 8.01. The third-order valence-corrected chi connectivity index (χ3v) is 3.19. The Morgan fingerprint density at radius 2 is 2.15 bits per heavy atom. The smallest absolute Gasteiger partial charge is 0.153 e. The molecule has 0 unspecified atom stereocenters. The summed E-state index contributed by atoms with van der Waals surface area (Å²) < 4.78 is 1.17. The average Bonchev–Trinajstić information content (AvgIpc) is 2.44. The van der Waals surface area contributed by atoms with E-state index in [1.807, 2.05) is 0 Å². The molecule has 1 aromatic carbocycles. The molecule has 0 spiro atoms. The van der Waals surface area contributed by atoms with Crippen molar-refractivity contribution in [1.82, 2.24) is 10.2 Å². The first-order chi connectivity index (χ1) is 6.11. The molecule has 13 heavy (non-hydrogen) atoms. The van der Waals surface area contributed by atoms with Crippen LogP contribution in [0.2, 0.25) is 0 Å². The summed E-state index contributed by atoms with van der Waals surface area (Å²) in [4.78, 5) is 0. The Morgan fingerprint density at radius 3 is 2.85 bits per heavy atom. The molecule has 0 aliphatic heterocycles. The molecule has 68 valence electrons. The molecule has 1 heterocycles. The molecular weight excluding hydrogens is 277 g/mol. The standard InChI is InChI=1S/C9H10IN3/c1-4-3-6(10)8-7(5(4)2)9(11)13-12-8/h3H,1-2H3,(H3,11,12,13). The van der Waals surface area contributed by atoms with Gasteiger partial charge in [0, 0.05) is 8.96 Å². The van der Waals surface area contributed by atoms with Crippen molar-refractivity contribution in [1.29, 1.82) is 0 Å². The Kier molecular flexibility index (Phi) is 1.94. The Balaban J connectivity index is 3.00. The number of nitrogens with one attached hydrogen (secondary N) is 1. The maximum atomic E-state index is 5.77. The first-order valence-electron chi connectivity index (χ1n) is 4.00. The van der Waals surface area contributed by atoms with Gasteiger partial charge in [-0.3, -0.25) is 5.10 Å². The third-order valence-electron chi connectivity index (χ3n) is 2.34. The van der Waals surface area contributed by atoms with Gasteiger partial charge in [-0.25, -0.2) is 0 Å². The van der Waals surface area contributed by atoms with Crippen molar-refractivity contribution in [3.05, 3.63) is 20.8 Å². The van der Waals surface area contributed by atoms with Crippen LogP contribution in [0, 0.1) is 17.4 Å². The minimum atomic E-state index is 0.592. The lowest BCUT2D eigenvalue weighted by atomic mass is 10.1. The normalized spacial score (nSPS) is 11.0. The maximum Gasteiger partial charge on any atom is 0.153 e. The molecule has 0 saturated heterocycles. The minimum Gasteiger partial charge on any atom is -0.382 e. The molecule has 2 rings (SSSR count). The lowest BCUT2D eigenvalue weighted by Gasteiger charge is -2.03. The number of nitrogens with two attached hydrogens (primary N) is 1. The summed E-state index contributed by atoms with van der Waals surface area (Å²) in [6.45, 7) is 4.16. The third kappa shape index (κ3) is 1.20. The summed E-state index contributed by atoms with van der Waals surface area (Å²) in [7, 11) is 0. The van der Waals surface area contributed by atoms with E-state index in [0.29, 0.717) is 5.82 Å². The van der Waals surface area contributed by atoms with Gasteiger partial charge >= 0.3 is 0 Å². The van der Waals surface area contributed by atoms with Crippen LogP contribution in [0.5, 0.6) is 0 Å². The molecule has 3 nitrogen and oxygen atoms in total. The van der Waals surface area contributed by atoms with Crippen molar-refractivity contribution < 1.29 is 0 Å². The molecule has 3 N–H and O–H groups in total. The van der Waals surface area contributed by atoms with Crippen LogP contribution in [0.4, 0.5) is 5.82 Å². The summed E-state index contributed by atoms with van der Waals surface area (Å²) in [5.41, 5.74) is 9.28. The van der Waals surface area contributed by atoms with Crippen LogP contribution in [0.3, 0.4) is 0 Å². The highest BCUT2D eigenvalue weighted by atomic mass is 127. The van der Waals surface area contributed by atoms with Gasteiger partial charge in [0.25, 0.3) is 0 Å². The second-order valence-electron chi connectivity index (χ2n) is 3.16. The van der Waals surface area contributed by atoms with Crippen molar-refractivity contribution in [3.8, 4) is 0 Å².